The maximum Gasteiger partial charge on any atom is 0.488 e. The van der Waals surface area contributed by atoms with Crippen molar-refractivity contribution in [2.45, 2.75) is 18.7 Å². The number of hydrogen-bond acceptors (Lipinski definition) is 4. The van der Waals surface area contributed by atoms with Crippen molar-refractivity contribution in [1.29, 1.82) is 0 Å². The van der Waals surface area contributed by atoms with Gasteiger partial charge in [-0.1, -0.05) is 13.8 Å². The molecule has 0 aliphatic rings. The molecule has 0 bridgehead atoms. The number of thioether (sulfide) groups is 1. The van der Waals surface area contributed by atoms with E-state index in [2.05, 4.69) is 0 Å². The summed E-state index contributed by atoms with van der Waals surface area (Å²) in [6.07, 6.45) is 1.92. The minimum absolute atomic E-state index is 0.448. The standard InChI is InChI=1S/C8H11BO3S.C2H6/c1-12-7-3-6(9(10)11)4-8(5-7)13-2;1-2/h3-5,10-11H,1-2H3;1-2H3. The summed E-state index contributed by atoms with van der Waals surface area (Å²) in [6, 6.07) is 5.17. The van der Waals surface area contributed by atoms with Crippen molar-refractivity contribution in [2.75, 3.05) is 13.4 Å². The molecular formula is C10H17BO3S. The molecular weight excluding hydrogens is 211 g/mol. The molecule has 1 rings (SSSR count). The fourth-order valence-corrected chi connectivity index (χ4v) is 1.47. The lowest BCUT2D eigenvalue weighted by Crippen LogP contribution is -2.29. The predicted octanol–water partition coefficient (Wildman–Crippen LogP) is 1.12. The van der Waals surface area contributed by atoms with Gasteiger partial charge in [0.2, 0.25) is 0 Å². The maximum atomic E-state index is 8.95. The topological polar surface area (TPSA) is 49.7 Å². The minimum atomic E-state index is -1.44. The second-order valence-corrected chi connectivity index (χ2v) is 3.40. The zero-order chi connectivity index (χ0) is 11.8. The van der Waals surface area contributed by atoms with Gasteiger partial charge in [0, 0.05) is 4.90 Å². The maximum absolute atomic E-state index is 8.95. The molecule has 15 heavy (non-hydrogen) atoms. The summed E-state index contributed by atoms with van der Waals surface area (Å²) >= 11 is 1.53. The fraction of sp³-hybridized carbons (Fsp3) is 0.400. The van der Waals surface area contributed by atoms with Crippen LogP contribution in [0.2, 0.25) is 0 Å². The molecule has 3 nitrogen and oxygen atoms in total. The molecule has 0 saturated carbocycles. The number of methoxy groups -OCH3 is 1. The summed E-state index contributed by atoms with van der Waals surface area (Å²) in [5.41, 5.74) is 0.448. The van der Waals surface area contributed by atoms with Gasteiger partial charge >= 0.3 is 7.12 Å². The van der Waals surface area contributed by atoms with Crippen molar-refractivity contribution in [1.82, 2.24) is 0 Å². The summed E-state index contributed by atoms with van der Waals surface area (Å²) in [5, 5.41) is 17.9. The van der Waals surface area contributed by atoms with Crippen LogP contribution in [-0.2, 0) is 0 Å². The number of ether oxygens (including phenoxy) is 1. The highest BCUT2D eigenvalue weighted by molar-refractivity contribution is 7.98. The molecule has 0 fully saturated rings. The molecule has 1 aromatic rings. The lowest BCUT2D eigenvalue weighted by atomic mass is 9.80. The van der Waals surface area contributed by atoms with Crippen molar-refractivity contribution >= 4 is 24.3 Å². The van der Waals surface area contributed by atoms with Gasteiger partial charge in [0.1, 0.15) is 5.75 Å². The molecule has 0 aromatic heterocycles. The van der Waals surface area contributed by atoms with Gasteiger partial charge in [-0.05, 0) is 29.9 Å². The Labute approximate surface area is 95.6 Å². The third-order valence-corrected chi connectivity index (χ3v) is 2.38. The largest absolute Gasteiger partial charge is 0.497 e. The van der Waals surface area contributed by atoms with E-state index in [4.69, 9.17) is 14.8 Å². The second-order valence-electron chi connectivity index (χ2n) is 2.52. The highest BCUT2D eigenvalue weighted by Gasteiger charge is 2.12. The molecule has 0 aliphatic heterocycles. The molecule has 0 spiro atoms. The van der Waals surface area contributed by atoms with Gasteiger partial charge in [-0.3, -0.25) is 0 Å². The Bertz CT molecular complexity index is 270. The van der Waals surface area contributed by atoms with E-state index in [1.54, 1.807) is 19.2 Å². The van der Waals surface area contributed by atoms with E-state index in [1.807, 2.05) is 26.2 Å². The summed E-state index contributed by atoms with van der Waals surface area (Å²) in [7, 11) is 0.105. The molecule has 0 saturated heterocycles. The second kappa shape index (κ2) is 7.62. The Morgan fingerprint density at radius 1 is 1.20 bits per heavy atom. The van der Waals surface area contributed by atoms with Crippen molar-refractivity contribution < 1.29 is 14.8 Å². The van der Waals surface area contributed by atoms with Gasteiger partial charge in [-0.15, -0.1) is 11.8 Å². The van der Waals surface area contributed by atoms with E-state index in [9.17, 15) is 0 Å². The van der Waals surface area contributed by atoms with E-state index < -0.39 is 7.12 Å². The van der Waals surface area contributed by atoms with Crippen LogP contribution in [0.15, 0.2) is 23.1 Å². The van der Waals surface area contributed by atoms with Crippen molar-refractivity contribution in [3.63, 3.8) is 0 Å². The molecule has 1 aromatic carbocycles. The van der Waals surface area contributed by atoms with Gasteiger partial charge in [0.15, 0.2) is 0 Å². The fourth-order valence-electron chi connectivity index (χ4n) is 0.979. The quantitative estimate of drug-likeness (QED) is 0.601. The molecule has 0 heterocycles. The van der Waals surface area contributed by atoms with Gasteiger partial charge < -0.3 is 14.8 Å². The first-order chi connectivity index (χ1) is 7.17. The van der Waals surface area contributed by atoms with E-state index in [0.717, 1.165) is 4.90 Å². The van der Waals surface area contributed by atoms with Crippen molar-refractivity contribution in [2.24, 2.45) is 0 Å². The van der Waals surface area contributed by atoms with Crippen LogP contribution in [0, 0.1) is 0 Å². The van der Waals surface area contributed by atoms with Crippen LogP contribution in [-0.4, -0.2) is 30.5 Å². The third kappa shape index (κ3) is 4.60. The third-order valence-electron chi connectivity index (χ3n) is 1.67. The molecule has 2 N–H and O–H groups in total. The minimum Gasteiger partial charge on any atom is -0.497 e. The van der Waals surface area contributed by atoms with Gasteiger partial charge in [-0.25, -0.2) is 0 Å². The summed E-state index contributed by atoms with van der Waals surface area (Å²) < 4.78 is 5.01. The molecule has 84 valence electrons. The van der Waals surface area contributed by atoms with Crippen LogP contribution >= 0.6 is 11.8 Å². The van der Waals surface area contributed by atoms with E-state index in [1.165, 1.54) is 11.8 Å². The Kier molecular flexibility index (Phi) is 7.29. The smallest absolute Gasteiger partial charge is 0.488 e. The molecule has 0 radical (unpaired) electrons. The normalized spacial score (nSPS) is 8.93. The van der Waals surface area contributed by atoms with E-state index in [0.29, 0.717) is 11.2 Å². The lowest BCUT2D eigenvalue weighted by molar-refractivity contribution is 0.411. The van der Waals surface area contributed by atoms with Crippen LogP contribution in [0.25, 0.3) is 0 Å². The van der Waals surface area contributed by atoms with Crippen molar-refractivity contribution in [3.8, 4) is 5.75 Å². The zero-order valence-electron chi connectivity index (χ0n) is 9.52. The average Bonchev–Trinajstić information content (AvgIpc) is 2.30. The number of rotatable bonds is 3. The summed E-state index contributed by atoms with van der Waals surface area (Å²) in [4.78, 5) is 0.947. The van der Waals surface area contributed by atoms with E-state index in [-0.39, 0.29) is 0 Å². The zero-order valence-corrected chi connectivity index (χ0v) is 10.3. The van der Waals surface area contributed by atoms with E-state index >= 15 is 0 Å². The van der Waals surface area contributed by atoms with Crippen LogP contribution in [0.3, 0.4) is 0 Å². The first-order valence-electron chi connectivity index (χ1n) is 4.76. The number of hydrogen-bond donors (Lipinski definition) is 2. The summed E-state index contributed by atoms with van der Waals surface area (Å²) in [6.45, 7) is 4.00. The number of benzene rings is 1. The van der Waals surface area contributed by atoms with Crippen LogP contribution < -0.4 is 10.2 Å². The lowest BCUT2D eigenvalue weighted by Gasteiger charge is -2.06. The first-order valence-corrected chi connectivity index (χ1v) is 5.99. The molecule has 0 unspecified atom stereocenters. The van der Waals surface area contributed by atoms with Crippen LogP contribution in [0.5, 0.6) is 5.75 Å². The van der Waals surface area contributed by atoms with Crippen molar-refractivity contribution in [3.05, 3.63) is 18.2 Å². The van der Waals surface area contributed by atoms with Crippen LogP contribution in [0.1, 0.15) is 13.8 Å². The highest BCUT2D eigenvalue weighted by atomic mass is 32.2. The Hall–Kier alpha value is -0.645. The molecule has 0 amide bonds. The van der Waals surface area contributed by atoms with Gasteiger partial charge in [0.05, 0.1) is 7.11 Å². The molecule has 0 aliphatic carbocycles. The SMILES string of the molecule is CC.COc1cc(SC)cc(B(O)O)c1. The van der Waals surface area contributed by atoms with Gasteiger partial charge in [-0.2, -0.15) is 0 Å². The molecule has 5 heteroatoms. The Morgan fingerprint density at radius 2 is 1.80 bits per heavy atom. The summed E-state index contributed by atoms with van der Waals surface area (Å²) in [5.74, 6) is 0.634. The van der Waals surface area contributed by atoms with Gasteiger partial charge in [0.25, 0.3) is 0 Å². The Morgan fingerprint density at radius 3 is 2.20 bits per heavy atom. The van der Waals surface area contributed by atoms with Crippen LogP contribution in [0.4, 0.5) is 0 Å². The Balaban J connectivity index is 0.000000921. The molecule has 0 atom stereocenters. The predicted molar refractivity (Wildman–Crippen MR) is 65.9 cm³/mol. The first kappa shape index (κ1) is 14.4. The highest BCUT2D eigenvalue weighted by Crippen LogP contribution is 2.19. The average molecular weight is 228 g/mol. The monoisotopic (exact) mass is 228 g/mol.